The highest BCUT2D eigenvalue weighted by molar-refractivity contribution is 5.78. The van der Waals surface area contributed by atoms with E-state index in [0.29, 0.717) is 13.0 Å². The van der Waals surface area contributed by atoms with Gasteiger partial charge in [0.25, 0.3) is 0 Å². The number of carbonyl (C=O) groups is 1. The lowest BCUT2D eigenvalue weighted by atomic mass is 10.0. The standard InChI is InChI=1S/C13H18N2O2/c1-10(16)11-5-7-15(9-11)13(17)8-12-4-2-3-6-14-12/h2-4,6,10-11,16H,5,7-9H2,1H3. The van der Waals surface area contributed by atoms with Gasteiger partial charge in [0.2, 0.25) is 5.91 Å². The molecular weight excluding hydrogens is 216 g/mol. The van der Waals surface area contributed by atoms with Gasteiger partial charge in [-0.3, -0.25) is 9.78 Å². The number of nitrogens with zero attached hydrogens (tertiary/aromatic N) is 2. The molecule has 1 amide bonds. The van der Waals surface area contributed by atoms with Gasteiger partial charge in [0.05, 0.1) is 12.5 Å². The molecular formula is C13H18N2O2. The molecule has 92 valence electrons. The Kier molecular flexibility index (Phi) is 3.74. The Balaban J connectivity index is 1.90. The van der Waals surface area contributed by atoms with E-state index >= 15 is 0 Å². The number of carbonyl (C=O) groups excluding carboxylic acids is 1. The zero-order chi connectivity index (χ0) is 12.3. The zero-order valence-electron chi connectivity index (χ0n) is 10.0. The first-order chi connectivity index (χ1) is 8.16. The maximum atomic E-state index is 12.0. The third kappa shape index (κ3) is 3.03. The average molecular weight is 234 g/mol. The van der Waals surface area contributed by atoms with E-state index in [2.05, 4.69) is 4.98 Å². The number of pyridine rings is 1. The van der Waals surface area contributed by atoms with E-state index in [-0.39, 0.29) is 17.9 Å². The molecule has 1 aliphatic rings. The van der Waals surface area contributed by atoms with Crippen LogP contribution in [0.1, 0.15) is 19.0 Å². The third-order valence-electron chi connectivity index (χ3n) is 3.32. The molecule has 17 heavy (non-hydrogen) atoms. The van der Waals surface area contributed by atoms with Crippen molar-refractivity contribution in [1.82, 2.24) is 9.88 Å². The molecule has 1 aliphatic heterocycles. The van der Waals surface area contributed by atoms with Gasteiger partial charge >= 0.3 is 0 Å². The van der Waals surface area contributed by atoms with E-state index < -0.39 is 0 Å². The van der Waals surface area contributed by atoms with Gasteiger partial charge in [0.1, 0.15) is 0 Å². The largest absolute Gasteiger partial charge is 0.393 e. The number of aromatic nitrogens is 1. The third-order valence-corrected chi connectivity index (χ3v) is 3.32. The Bertz CT molecular complexity index is 378. The van der Waals surface area contributed by atoms with Crippen molar-refractivity contribution >= 4 is 5.91 Å². The molecule has 1 aromatic rings. The highest BCUT2D eigenvalue weighted by Crippen LogP contribution is 2.20. The molecule has 1 saturated heterocycles. The Hall–Kier alpha value is -1.42. The molecule has 0 bridgehead atoms. The minimum Gasteiger partial charge on any atom is -0.393 e. The van der Waals surface area contributed by atoms with E-state index in [1.807, 2.05) is 23.1 Å². The van der Waals surface area contributed by atoms with Crippen LogP contribution >= 0.6 is 0 Å². The molecule has 4 heteroatoms. The predicted octanol–water partition coefficient (Wildman–Crippen LogP) is 0.853. The summed E-state index contributed by atoms with van der Waals surface area (Å²) in [4.78, 5) is 18.0. The Morgan fingerprint density at radius 1 is 1.65 bits per heavy atom. The smallest absolute Gasteiger partial charge is 0.228 e. The summed E-state index contributed by atoms with van der Waals surface area (Å²) >= 11 is 0. The van der Waals surface area contributed by atoms with Gasteiger partial charge in [0, 0.05) is 30.9 Å². The van der Waals surface area contributed by atoms with Crippen molar-refractivity contribution in [3.8, 4) is 0 Å². The summed E-state index contributed by atoms with van der Waals surface area (Å²) in [5, 5.41) is 9.49. The van der Waals surface area contributed by atoms with Crippen molar-refractivity contribution < 1.29 is 9.90 Å². The summed E-state index contributed by atoms with van der Waals surface area (Å²) in [7, 11) is 0. The maximum Gasteiger partial charge on any atom is 0.228 e. The van der Waals surface area contributed by atoms with Gasteiger partial charge in [-0.05, 0) is 25.5 Å². The fraction of sp³-hybridized carbons (Fsp3) is 0.538. The highest BCUT2D eigenvalue weighted by atomic mass is 16.3. The van der Waals surface area contributed by atoms with Crippen LogP contribution in [0.2, 0.25) is 0 Å². The summed E-state index contributed by atoms with van der Waals surface area (Å²) in [5.74, 6) is 0.328. The molecule has 2 heterocycles. The molecule has 0 aliphatic carbocycles. The fourth-order valence-corrected chi connectivity index (χ4v) is 2.18. The molecule has 2 rings (SSSR count). The Morgan fingerprint density at radius 3 is 3.06 bits per heavy atom. The second-order valence-corrected chi connectivity index (χ2v) is 4.63. The van der Waals surface area contributed by atoms with E-state index in [4.69, 9.17) is 0 Å². The average Bonchev–Trinajstić information content (AvgIpc) is 2.79. The SMILES string of the molecule is CC(O)C1CCN(C(=O)Cc2ccccn2)C1. The summed E-state index contributed by atoms with van der Waals surface area (Å²) in [6.07, 6.45) is 2.62. The fourth-order valence-electron chi connectivity index (χ4n) is 2.18. The van der Waals surface area contributed by atoms with E-state index in [9.17, 15) is 9.90 Å². The Morgan fingerprint density at radius 2 is 2.47 bits per heavy atom. The first-order valence-corrected chi connectivity index (χ1v) is 6.02. The van der Waals surface area contributed by atoms with Crippen molar-refractivity contribution in [1.29, 1.82) is 0 Å². The van der Waals surface area contributed by atoms with Gasteiger partial charge in [-0.1, -0.05) is 6.07 Å². The summed E-state index contributed by atoms with van der Waals surface area (Å²) in [5.41, 5.74) is 0.804. The van der Waals surface area contributed by atoms with Gasteiger partial charge in [-0.25, -0.2) is 0 Å². The Labute approximate surface area is 101 Å². The maximum absolute atomic E-state index is 12.0. The van der Waals surface area contributed by atoms with Crippen LogP contribution < -0.4 is 0 Å². The van der Waals surface area contributed by atoms with Crippen LogP contribution in [0.4, 0.5) is 0 Å². The molecule has 1 fully saturated rings. The van der Waals surface area contributed by atoms with E-state index in [0.717, 1.165) is 18.7 Å². The summed E-state index contributed by atoms with van der Waals surface area (Å²) in [6.45, 7) is 3.21. The van der Waals surface area contributed by atoms with Gasteiger partial charge in [-0.15, -0.1) is 0 Å². The van der Waals surface area contributed by atoms with E-state index in [1.165, 1.54) is 0 Å². The minimum atomic E-state index is -0.331. The van der Waals surface area contributed by atoms with E-state index in [1.54, 1.807) is 13.1 Å². The normalized spacial score (nSPS) is 21.5. The predicted molar refractivity (Wildman–Crippen MR) is 64.3 cm³/mol. The van der Waals surface area contributed by atoms with Crippen molar-refractivity contribution in [2.45, 2.75) is 25.9 Å². The number of rotatable bonds is 3. The lowest BCUT2D eigenvalue weighted by Crippen LogP contribution is -2.31. The second kappa shape index (κ2) is 5.27. The van der Waals surface area contributed by atoms with Crippen LogP contribution in [0.5, 0.6) is 0 Å². The number of likely N-dealkylation sites (tertiary alicyclic amines) is 1. The molecule has 2 atom stereocenters. The van der Waals surface area contributed by atoms with Crippen molar-refractivity contribution in [3.63, 3.8) is 0 Å². The topological polar surface area (TPSA) is 53.4 Å². The monoisotopic (exact) mass is 234 g/mol. The van der Waals surface area contributed by atoms with Gasteiger partial charge < -0.3 is 10.0 Å². The summed E-state index contributed by atoms with van der Waals surface area (Å²) < 4.78 is 0. The van der Waals surface area contributed by atoms with Crippen LogP contribution in [-0.2, 0) is 11.2 Å². The number of aliphatic hydroxyl groups is 1. The number of aliphatic hydroxyl groups excluding tert-OH is 1. The van der Waals surface area contributed by atoms with Crippen molar-refractivity contribution in [2.24, 2.45) is 5.92 Å². The van der Waals surface area contributed by atoms with Crippen molar-refractivity contribution in [3.05, 3.63) is 30.1 Å². The minimum absolute atomic E-state index is 0.104. The molecule has 4 nitrogen and oxygen atoms in total. The van der Waals surface area contributed by atoms with Crippen LogP contribution in [0.3, 0.4) is 0 Å². The molecule has 1 N–H and O–H groups in total. The molecule has 1 aromatic heterocycles. The zero-order valence-corrected chi connectivity index (χ0v) is 10.0. The van der Waals surface area contributed by atoms with Crippen LogP contribution in [-0.4, -0.2) is 40.1 Å². The molecule has 0 spiro atoms. The van der Waals surface area contributed by atoms with Gasteiger partial charge in [-0.2, -0.15) is 0 Å². The second-order valence-electron chi connectivity index (χ2n) is 4.63. The van der Waals surface area contributed by atoms with Gasteiger partial charge in [0.15, 0.2) is 0 Å². The molecule has 0 radical (unpaired) electrons. The summed E-state index contributed by atoms with van der Waals surface area (Å²) in [6, 6.07) is 5.59. The number of amides is 1. The van der Waals surface area contributed by atoms with Crippen LogP contribution in [0, 0.1) is 5.92 Å². The van der Waals surface area contributed by atoms with Crippen molar-refractivity contribution in [2.75, 3.05) is 13.1 Å². The first kappa shape index (κ1) is 12.0. The first-order valence-electron chi connectivity index (χ1n) is 6.02. The number of hydrogen-bond donors (Lipinski definition) is 1. The number of hydrogen-bond acceptors (Lipinski definition) is 3. The molecule has 0 saturated carbocycles. The molecule has 2 unspecified atom stereocenters. The molecule has 0 aromatic carbocycles. The van der Waals surface area contributed by atoms with Crippen LogP contribution in [0.15, 0.2) is 24.4 Å². The lowest BCUT2D eigenvalue weighted by molar-refractivity contribution is -0.129. The highest BCUT2D eigenvalue weighted by Gasteiger charge is 2.28. The quantitative estimate of drug-likeness (QED) is 0.843. The van der Waals surface area contributed by atoms with Crippen LogP contribution in [0.25, 0.3) is 0 Å². The lowest BCUT2D eigenvalue weighted by Gasteiger charge is -2.17.